The van der Waals surface area contributed by atoms with Crippen molar-refractivity contribution < 1.29 is 14.7 Å². The summed E-state index contributed by atoms with van der Waals surface area (Å²) in [4.78, 5) is 24.5. The van der Waals surface area contributed by atoms with Crippen LogP contribution >= 0.6 is 0 Å². The molecule has 0 fully saturated rings. The van der Waals surface area contributed by atoms with Crippen LogP contribution in [0.1, 0.15) is 84.0 Å². The van der Waals surface area contributed by atoms with Gasteiger partial charge >= 0.3 is 11.1 Å². The topological polar surface area (TPSA) is 69.4 Å². The molecule has 0 amide bonds. The second kappa shape index (κ2) is 13.3. The molecule has 0 bridgehead atoms. The van der Waals surface area contributed by atoms with Gasteiger partial charge in [-0.15, -0.1) is 10.1 Å². The van der Waals surface area contributed by atoms with E-state index in [1.165, 1.54) is 51.4 Å². The Balaban J connectivity index is 3.10. The summed E-state index contributed by atoms with van der Waals surface area (Å²) in [5.74, 6) is -0.735. The molecule has 0 heterocycles. The Bertz CT molecular complexity index is 244. The van der Waals surface area contributed by atoms with E-state index < -0.39 is 11.1 Å². The lowest BCUT2D eigenvalue weighted by Gasteiger charge is -2.02. The van der Waals surface area contributed by atoms with Crippen molar-refractivity contribution in [2.24, 2.45) is 0 Å². The molecule has 5 heteroatoms. The molecule has 0 unspecified atom stereocenters. The molecule has 0 rings (SSSR count). The van der Waals surface area contributed by atoms with Crippen molar-refractivity contribution in [3.05, 3.63) is 10.1 Å². The number of hydrogen-bond acceptors (Lipinski definition) is 4. The first-order chi connectivity index (χ1) is 9.16. The van der Waals surface area contributed by atoms with Gasteiger partial charge in [-0.05, 0) is 6.42 Å². The summed E-state index contributed by atoms with van der Waals surface area (Å²) in [6.07, 6.45) is 13.3. The molecule has 0 aliphatic carbocycles. The Morgan fingerprint density at radius 3 is 1.74 bits per heavy atom. The standard InChI is InChI=1S/C14H27NO4/c1-2-3-4-5-6-7-8-9-10-11-12-13-14(16)19-15(17)18/h2-13H2,1H3. The van der Waals surface area contributed by atoms with Crippen LogP contribution in [0.25, 0.3) is 0 Å². The van der Waals surface area contributed by atoms with Gasteiger partial charge in [-0.2, -0.15) is 0 Å². The highest BCUT2D eigenvalue weighted by molar-refractivity contribution is 5.68. The lowest BCUT2D eigenvalue weighted by molar-refractivity contribution is -0.729. The summed E-state index contributed by atoms with van der Waals surface area (Å²) in [5, 5.41) is 8.83. The molecule has 5 nitrogen and oxygen atoms in total. The van der Waals surface area contributed by atoms with Gasteiger partial charge in [0.1, 0.15) is 0 Å². The molecule has 0 aromatic rings. The minimum absolute atomic E-state index is 0.151. The molecule has 0 aromatic carbocycles. The molecule has 0 saturated heterocycles. The summed E-state index contributed by atoms with van der Waals surface area (Å²) in [7, 11) is 0. The van der Waals surface area contributed by atoms with Crippen LogP contribution in [0, 0.1) is 10.1 Å². The van der Waals surface area contributed by atoms with Gasteiger partial charge in [0.2, 0.25) is 0 Å². The summed E-state index contributed by atoms with van der Waals surface area (Å²) in [5.41, 5.74) is 0. The zero-order chi connectivity index (χ0) is 14.3. The van der Waals surface area contributed by atoms with Crippen LogP contribution in [0.4, 0.5) is 0 Å². The molecule has 0 aromatic heterocycles. The van der Waals surface area contributed by atoms with Crippen molar-refractivity contribution in [1.29, 1.82) is 0 Å². The van der Waals surface area contributed by atoms with Gasteiger partial charge in [0.25, 0.3) is 0 Å². The number of rotatable bonds is 13. The third kappa shape index (κ3) is 14.8. The maximum atomic E-state index is 10.8. The van der Waals surface area contributed by atoms with Crippen molar-refractivity contribution in [3.8, 4) is 0 Å². The fraction of sp³-hybridized carbons (Fsp3) is 0.929. The van der Waals surface area contributed by atoms with E-state index in [4.69, 9.17) is 0 Å². The molecular weight excluding hydrogens is 246 g/mol. The van der Waals surface area contributed by atoms with E-state index >= 15 is 0 Å². The first-order valence-corrected chi connectivity index (χ1v) is 7.52. The monoisotopic (exact) mass is 273 g/mol. The summed E-state index contributed by atoms with van der Waals surface area (Å²) in [6.45, 7) is 2.22. The van der Waals surface area contributed by atoms with Gasteiger partial charge in [0.15, 0.2) is 0 Å². The summed E-state index contributed by atoms with van der Waals surface area (Å²) >= 11 is 0. The summed E-state index contributed by atoms with van der Waals surface area (Å²) < 4.78 is 0. The normalized spacial score (nSPS) is 10.4. The van der Waals surface area contributed by atoms with Crippen molar-refractivity contribution >= 4 is 5.97 Å². The van der Waals surface area contributed by atoms with Crippen LogP contribution in [-0.4, -0.2) is 11.1 Å². The van der Waals surface area contributed by atoms with Crippen molar-refractivity contribution in [1.82, 2.24) is 0 Å². The van der Waals surface area contributed by atoms with Gasteiger partial charge in [-0.3, -0.25) is 4.79 Å². The first-order valence-electron chi connectivity index (χ1n) is 7.52. The molecule has 19 heavy (non-hydrogen) atoms. The number of nitrogens with zero attached hydrogens (tertiary/aromatic N) is 1. The van der Waals surface area contributed by atoms with Crippen LogP contribution in [-0.2, 0) is 9.63 Å². The van der Waals surface area contributed by atoms with Crippen LogP contribution < -0.4 is 0 Å². The Morgan fingerprint density at radius 2 is 1.32 bits per heavy atom. The minimum atomic E-state index is -1.04. The van der Waals surface area contributed by atoms with Crippen molar-refractivity contribution in [2.75, 3.05) is 0 Å². The smallest absolute Gasteiger partial charge is 0.268 e. The molecule has 0 aliphatic rings. The van der Waals surface area contributed by atoms with E-state index in [1.54, 1.807) is 0 Å². The fourth-order valence-corrected chi connectivity index (χ4v) is 2.06. The number of hydrogen-bond donors (Lipinski definition) is 0. The SMILES string of the molecule is CCCCCCCCCCCCCC(=O)O[N+](=O)[O-]. The first kappa shape index (κ1) is 17.9. The molecule has 0 atom stereocenters. The highest BCUT2D eigenvalue weighted by atomic mass is 17.0. The largest absolute Gasteiger partial charge is 0.303 e. The van der Waals surface area contributed by atoms with E-state index in [-0.39, 0.29) is 6.42 Å². The predicted molar refractivity (Wildman–Crippen MR) is 74.2 cm³/mol. The Morgan fingerprint density at radius 1 is 0.895 bits per heavy atom. The van der Waals surface area contributed by atoms with E-state index in [1.807, 2.05) is 0 Å². The van der Waals surface area contributed by atoms with Crippen LogP contribution in [0.5, 0.6) is 0 Å². The van der Waals surface area contributed by atoms with E-state index in [9.17, 15) is 14.9 Å². The molecule has 0 N–H and O–H groups in total. The average molecular weight is 273 g/mol. The quantitative estimate of drug-likeness (QED) is 0.283. The summed E-state index contributed by atoms with van der Waals surface area (Å²) in [6, 6.07) is 0. The van der Waals surface area contributed by atoms with Gasteiger partial charge in [0.05, 0.1) is 0 Å². The molecule has 0 saturated carbocycles. The second-order valence-electron chi connectivity index (χ2n) is 4.97. The molecule has 0 spiro atoms. The van der Waals surface area contributed by atoms with Gasteiger partial charge < -0.3 is 0 Å². The number of carbonyl (C=O) groups excluding carboxylic acids is 1. The van der Waals surface area contributed by atoms with Crippen LogP contribution in [0.15, 0.2) is 0 Å². The van der Waals surface area contributed by atoms with Gasteiger partial charge in [-0.25, -0.2) is 4.84 Å². The highest BCUT2D eigenvalue weighted by Crippen LogP contribution is 2.12. The fourth-order valence-electron chi connectivity index (χ4n) is 2.06. The molecule has 0 aliphatic heterocycles. The molecule has 112 valence electrons. The Hall–Kier alpha value is -1.13. The number of unbranched alkanes of at least 4 members (excludes halogenated alkanes) is 10. The van der Waals surface area contributed by atoms with E-state index in [0.717, 1.165) is 12.8 Å². The highest BCUT2D eigenvalue weighted by Gasteiger charge is 2.06. The number of carbonyl (C=O) groups is 1. The van der Waals surface area contributed by atoms with E-state index in [2.05, 4.69) is 11.8 Å². The predicted octanol–water partition coefficient (Wildman–Crippen LogP) is 4.42. The van der Waals surface area contributed by atoms with Gasteiger partial charge in [0, 0.05) is 6.42 Å². The van der Waals surface area contributed by atoms with Crippen LogP contribution in [0.2, 0.25) is 0 Å². The Labute approximate surface area is 115 Å². The average Bonchev–Trinajstić information content (AvgIpc) is 2.35. The van der Waals surface area contributed by atoms with Crippen molar-refractivity contribution in [3.63, 3.8) is 0 Å². The Kier molecular flexibility index (Phi) is 12.5. The van der Waals surface area contributed by atoms with Crippen molar-refractivity contribution in [2.45, 2.75) is 84.0 Å². The zero-order valence-electron chi connectivity index (χ0n) is 12.1. The second-order valence-corrected chi connectivity index (χ2v) is 4.97. The van der Waals surface area contributed by atoms with E-state index in [0.29, 0.717) is 6.42 Å². The maximum Gasteiger partial charge on any atom is 0.303 e. The lowest BCUT2D eigenvalue weighted by Crippen LogP contribution is -2.09. The molecule has 0 radical (unpaired) electrons. The third-order valence-corrected chi connectivity index (χ3v) is 3.16. The lowest BCUT2D eigenvalue weighted by atomic mass is 10.1. The third-order valence-electron chi connectivity index (χ3n) is 3.16. The van der Waals surface area contributed by atoms with Crippen LogP contribution in [0.3, 0.4) is 0 Å². The maximum absolute atomic E-state index is 10.8. The zero-order valence-corrected chi connectivity index (χ0v) is 12.1. The minimum Gasteiger partial charge on any atom is -0.268 e. The van der Waals surface area contributed by atoms with Gasteiger partial charge in [-0.1, -0.05) is 71.1 Å². The molecular formula is C14H27NO4.